The third-order valence-corrected chi connectivity index (χ3v) is 2.15. The van der Waals surface area contributed by atoms with Crippen LogP contribution in [0.1, 0.15) is 17.7 Å². The van der Waals surface area contributed by atoms with Crippen LogP contribution in [0.3, 0.4) is 0 Å². The van der Waals surface area contributed by atoms with Gasteiger partial charge in [-0.3, -0.25) is 5.10 Å². The number of nitrogen functional groups attached to an aromatic ring is 1. The molecular formula is C7H11N3O. The van der Waals surface area contributed by atoms with Crippen molar-refractivity contribution in [2.24, 2.45) is 0 Å². The van der Waals surface area contributed by atoms with E-state index in [1.54, 1.807) is 0 Å². The summed E-state index contributed by atoms with van der Waals surface area (Å²) >= 11 is 0. The topological polar surface area (TPSA) is 74.9 Å². The zero-order valence-electron chi connectivity index (χ0n) is 6.17. The van der Waals surface area contributed by atoms with Crippen molar-refractivity contribution in [1.82, 2.24) is 10.2 Å². The van der Waals surface area contributed by atoms with Crippen LogP contribution in [0.15, 0.2) is 0 Å². The molecule has 0 aromatic carbocycles. The number of nitrogens with two attached hydrogens (primary N) is 1. The van der Waals surface area contributed by atoms with Crippen molar-refractivity contribution in [1.29, 1.82) is 0 Å². The molecule has 11 heavy (non-hydrogen) atoms. The van der Waals surface area contributed by atoms with Gasteiger partial charge < -0.3 is 10.8 Å². The summed E-state index contributed by atoms with van der Waals surface area (Å²) in [5.74, 6) is 0.590. The lowest BCUT2D eigenvalue weighted by molar-refractivity contribution is 0.157. The fourth-order valence-corrected chi connectivity index (χ4v) is 1.51. The average molecular weight is 153 g/mol. The number of nitrogens with one attached hydrogen (secondary N) is 1. The summed E-state index contributed by atoms with van der Waals surface area (Å²) in [6.07, 6.45) is 2.09. The number of rotatable bonds is 0. The quantitative estimate of drug-likeness (QED) is 0.485. The van der Waals surface area contributed by atoms with E-state index in [1.807, 2.05) is 0 Å². The first-order chi connectivity index (χ1) is 5.27. The molecule has 0 aliphatic heterocycles. The highest BCUT2D eigenvalue weighted by atomic mass is 16.3. The minimum Gasteiger partial charge on any atom is -0.393 e. The summed E-state index contributed by atoms with van der Waals surface area (Å²) in [5.41, 5.74) is 7.68. The molecule has 0 bridgehead atoms. The molecule has 4 nitrogen and oxygen atoms in total. The molecule has 0 amide bonds. The lowest BCUT2D eigenvalue weighted by Crippen LogP contribution is -2.18. The third-order valence-electron chi connectivity index (χ3n) is 2.15. The second-order valence-electron chi connectivity index (χ2n) is 2.96. The van der Waals surface area contributed by atoms with Crippen LogP contribution >= 0.6 is 0 Å². The van der Waals surface area contributed by atoms with Gasteiger partial charge in [0.1, 0.15) is 5.82 Å². The van der Waals surface area contributed by atoms with Gasteiger partial charge in [0, 0.05) is 17.7 Å². The summed E-state index contributed by atoms with van der Waals surface area (Å²) in [5, 5.41) is 16.0. The van der Waals surface area contributed by atoms with Crippen LogP contribution in [0.5, 0.6) is 0 Å². The Bertz CT molecular complexity index is 269. The van der Waals surface area contributed by atoms with Crippen molar-refractivity contribution in [2.45, 2.75) is 25.4 Å². The fraction of sp³-hybridized carbons (Fsp3) is 0.571. The number of anilines is 1. The molecule has 1 aromatic rings. The molecule has 4 heteroatoms. The number of aromatic nitrogens is 2. The Balaban J connectivity index is 2.36. The van der Waals surface area contributed by atoms with E-state index in [1.165, 1.54) is 0 Å². The third kappa shape index (κ3) is 0.991. The van der Waals surface area contributed by atoms with E-state index in [0.717, 1.165) is 24.1 Å². The van der Waals surface area contributed by atoms with Gasteiger partial charge in [-0.2, -0.15) is 5.10 Å². The van der Waals surface area contributed by atoms with Gasteiger partial charge in [0.15, 0.2) is 0 Å². The minimum absolute atomic E-state index is 0.220. The maximum absolute atomic E-state index is 9.28. The second-order valence-corrected chi connectivity index (χ2v) is 2.96. The smallest absolute Gasteiger partial charge is 0.148 e. The lowest BCUT2D eigenvalue weighted by Gasteiger charge is -2.15. The highest BCUT2D eigenvalue weighted by Gasteiger charge is 2.20. The molecule has 1 aromatic heterocycles. The summed E-state index contributed by atoms with van der Waals surface area (Å²) in [7, 11) is 0. The van der Waals surface area contributed by atoms with E-state index >= 15 is 0 Å². The first-order valence-corrected chi connectivity index (χ1v) is 3.77. The van der Waals surface area contributed by atoms with Crippen molar-refractivity contribution in [3.05, 3.63) is 11.3 Å². The Morgan fingerprint density at radius 1 is 1.64 bits per heavy atom. The standard InChI is InChI=1S/C7H11N3O/c8-7-5-2-1-4(11)3-6(5)9-10-7/h4,11H,1-3H2,(H3,8,9,10)/t4-/m0/s1. The average Bonchev–Trinajstić information content (AvgIpc) is 2.32. The van der Waals surface area contributed by atoms with Crippen molar-refractivity contribution >= 4 is 5.82 Å². The molecular weight excluding hydrogens is 142 g/mol. The fourth-order valence-electron chi connectivity index (χ4n) is 1.51. The Hall–Kier alpha value is -1.03. The molecule has 0 radical (unpaired) electrons. The molecule has 0 saturated carbocycles. The van der Waals surface area contributed by atoms with Crippen LogP contribution in [0, 0.1) is 0 Å². The Labute approximate surface area is 64.4 Å². The predicted molar refractivity (Wildman–Crippen MR) is 41.0 cm³/mol. The van der Waals surface area contributed by atoms with Crippen LogP contribution in [0.25, 0.3) is 0 Å². The Morgan fingerprint density at radius 2 is 2.45 bits per heavy atom. The van der Waals surface area contributed by atoms with E-state index in [4.69, 9.17) is 5.73 Å². The molecule has 0 unspecified atom stereocenters. The number of hydrogen-bond acceptors (Lipinski definition) is 3. The molecule has 60 valence electrons. The summed E-state index contributed by atoms with van der Waals surface area (Å²) in [6, 6.07) is 0. The van der Waals surface area contributed by atoms with Gasteiger partial charge in [-0.1, -0.05) is 0 Å². The highest BCUT2D eigenvalue weighted by molar-refractivity contribution is 5.43. The number of fused-ring (bicyclic) bond motifs is 1. The first kappa shape index (κ1) is 6.67. The van der Waals surface area contributed by atoms with Crippen LogP contribution in [0.4, 0.5) is 5.82 Å². The molecule has 1 heterocycles. The number of aliphatic hydroxyl groups excluding tert-OH is 1. The van der Waals surface area contributed by atoms with Gasteiger partial charge in [0.05, 0.1) is 6.10 Å². The van der Waals surface area contributed by atoms with Crippen molar-refractivity contribution in [3.63, 3.8) is 0 Å². The molecule has 4 N–H and O–H groups in total. The number of aromatic amines is 1. The van der Waals surface area contributed by atoms with E-state index < -0.39 is 0 Å². The molecule has 0 fully saturated rings. The van der Waals surface area contributed by atoms with Gasteiger partial charge in [-0.15, -0.1) is 0 Å². The van der Waals surface area contributed by atoms with Gasteiger partial charge in [0.2, 0.25) is 0 Å². The SMILES string of the molecule is Nc1n[nH]c2c1CC[C@H](O)C2. The van der Waals surface area contributed by atoms with E-state index in [9.17, 15) is 5.11 Å². The molecule has 1 aliphatic rings. The Kier molecular flexibility index (Phi) is 1.35. The van der Waals surface area contributed by atoms with Crippen LogP contribution < -0.4 is 5.73 Å². The van der Waals surface area contributed by atoms with E-state index in [-0.39, 0.29) is 6.10 Å². The van der Waals surface area contributed by atoms with Crippen LogP contribution in [-0.4, -0.2) is 21.4 Å². The van der Waals surface area contributed by atoms with Crippen LogP contribution in [-0.2, 0) is 12.8 Å². The molecule has 1 aliphatic carbocycles. The number of aliphatic hydroxyl groups is 1. The van der Waals surface area contributed by atoms with Crippen molar-refractivity contribution in [3.8, 4) is 0 Å². The summed E-state index contributed by atoms with van der Waals surface area (Å²) < 4.78 is 0. The number of H-pyrrole nitrogens is 1. The number of nitrogens with zero attached hydrogens (tertiary/aromatic N) is 1. The molecule has 1 atom stereocenters. The Morgan fingerprint density at radius 3 is 3.27 bits per heavy atom. The summed E-state index contributed by atoms with van der Waals surface area (Å²) in [4.78, 5) is 0. The van der Waals surface area contributed by atoms with Crippen LogP contribution in [0.2, 0.25) is 0 Å². The highest BCUT2D eigenvalue weighted by Crippen LogP contribution is 2.23. The van der Waals surface area contributed by atoms with E-state index in [2.05, 4.69) is 10.2 Å². The van der Waals surface area contributed by atoms with Gasteiger partial charge >= 0.3 is 0 Å². The van der Waals surface area contributed by atoms with Gasteiger partial charge in [-0.25, -0.2) is 0 Å². The maximum Gasteiger partial charge on any atom is 0.148 e. The number of hydrogen-bond donors (Lipinski definition) is 3. The van der Waals surface area contributed by atoms with Crippen molar-refractivity contribution in [2.75, 3.05) is 5.73 Å². The normalized spacial score (nSPS) is 23.2. The maximum atomic E-state index is 9.28. The molecule has 0 saturated heterocycles. The van der Waals surface area contributed by atoms with Gasteiger partial charge in [-0.05, 0) is 12.8 Å². The summed E-state index contributed by atoms with van der Waals surface area (Å²) in [6.45, 7) is 0. The lowest BCUT2D eigenvalue weighted by atomic mass is 9.95. The zero-order chi connectivity index (χ0) is 7.84. The zero-order valence-corrected chi connectivity index (χ0v) is 6.17. The largest absolute Gasteiger partial charge is 0.393 e. The van der Waals surface area contributed by atoms with E-state index in [0.29, 0.717) is 12.2 Å². The minimum atomic E-state index is -0.220. The predicted octanol–water partition coefficient (Wildman–Crippen LogP) is -0.159. The first-order valence-electron chi connectivity index (χ1n) is 3.77. The van der Waals surface area contributed by atoms with Gasteiger partial charge in [0.25, 0.3) is 0 Å². The molecule has 2 rings (SSSR count). The monoisotopic (exact) mass is 153 g/mol. The second kappa shape index (κ2) is 2.23. The molecule has 0 spiro atoms. The van der Waals surface area contributed by atoms with Crippen molar-refractivity contribution < 1.29 is 5.11 Å².